The summed E-state index contributed by atoms with van der Waals surface area (Å²) in [6, 6.07) is -0.716. The highest BCUT2D eigenvalue weighted by Crippen LogP contribution is 2.08. The molecule has 1 atom stereocenters. The molecule has 0 aromatic heterocycles. The van der Waals surface area contributed by atoms with Gasteiger partial charge in [0, 0.05) is 6.42 Å². The lowest BCUT2D eigenvalue weighted by Gasteiger charge is -2.30. The van der Waals surface area contributed by atoms with Gasteiger partial charge in [0.1, 0.15) is 11.6 Å². The maximum absolute atomic E-state index is 12.5. The van der Waals surface area contributed by atoms with Gasteiger partial charge in [-0.05, 0) is 46.6 Å². The Morgan fingerprint density at radius 3 is 2.28 bits per heavy atom. The second-order valence-electron chi connectivity index (χ2n) is 8.80. The highest BCUT2D eigenvalue weighted by molar-refractivity contribution is 7.85. The van der Waals surface area contributed by atoms with E-state index in [9.17, 15) is 18.0 Å². The first-order valence-corrected chi connectivity index (χ1v) is 11.5. The minimum atomic E-state index is -3.97. The Labute approximate surface area is 174 Å². The van der Waals surface area contributed by atoms with Crippen molar-refractivity contribution in [1.29, 1.82) is 0 Å². The fourth-order valence-electron chi connectivity index (χ4n) is 2.60. The van der Waals surface area contributed by atoms with Gasteiger partial charge in [0.2, 0.25) is 5.91 Å². The van der Waals surface area contributed by atoms with Gasteiger partial charge in [0.05, 0.1) is 39.5 Å². The van der Waals surface area contributed by atoms with Crippen LogP contribution in [0.2, 0.25) is 0 Å². The predicted octanol–water partition coefficient (Wildman–Crippen LogP) is 0.479. The first kappa shape index (κ1) is 27.6. The zero-order valence-corrected chi connectivity index (χ0v) is 19.2. The van der Waals surface area contributed by atoms with E-state index in [0.717, 1.165) is 6.42 Å². The van der Waals surface area contributed by atoms with E-state index in [-0.39, 0.29) is 11.7 Å². The molecule has 0 saturated carbocycles. The molecular weight excluding hydrogens is 400 g/mol. The number of likely N-dealkylation sites (N-methyl/N-ethyl adjacent to an activating group) is 1. The number of carbonyl (C=O) groups excluding carboxylic acids is 2. The summed E-state index contributed by atoms with van der Waals surface area (Å²) in [7, 11) is -0.147. The van der Waals surface area contributed by atoms with E-state index in [1.807, 2.05) is 14.1 Å². The largest absolute Gasteiger partial charge is 0.444 e. The average Bonchev–Trinajstić information content (AvgIpc) is 2.50. The van der Waals surface area contributed by atoms with E-state index < -0.39 is 27.9 Å². The minimum Gasteiger partial charge on any atom is -0.444 e. The topological polar surface area (TPSA) is 148 Å². The molecule has 0 bridgehead atoms. The van der Waals surface area contributed by atoms with Crippen LogP contribution in [0.25, 0.3) is 0 Å². The molecule has 1 unspecified atom stereocenters. The molecule has 0 aromatic carbocycles. The van der Waals surface area contributed by atoms with Crippen LogP contribution in [0.15, 0.2) is 0 Å². The Bertz CT molecular complexity index is 616. The molecule has 0 saturated heterocycles. The molecule has 0 aliphatic carbocycles. The third-order valence-electron chi connectivity index (χ3n) is 4.14. The molecule has 0 heterocycles. The Morgan fingerprint density at radius 2 is 1.76 bits per heavy atom. The van der Waals surface area contributed by atoms with E-state index in [1.54, 1.807) is 20.8 Å². The molecule has 5 N–H and O–H groups in total. The number of rotatable bonds is 13. The van der Waals surface area contributed by atoms with Crippen molar-refractivity contribution in [3.63, 3.8) is 0 Å². The standard InChI is InChI=1S/C18H38N4O6S/c1-18(2,3)28-17(24)21-15(9-6-7-10-19)16(23)20-11-13-22(4,5)12-8-14-29(25,26)27/h15H,6-14,19H2,1-5H3,(H2-,20,21,23,24,25,26,27)/p+1. The molecule has 0 aliphatic heterocycles. The average molecular weight is 440 g/mol. The van der Waals surface area contributed by atoms with E-state index >= 15 is 0 Å². The lowest BCUT2D eigenvalue weighted by Crippen LogP contribution is -2.51. The minimum absolute atomic E-state index is 0.288. The summed E-state index contributed by atoms with van der Waals surface area (Å²) >= 11 is 0. The van der Waals surface area contributed by atoms with Crippen molar-refractivity contribution in [2.75, 3.05) is 46.0 Å². The number of ether oxygens (including phenoxy) is 1. The third kappa shape index (κ3) is 16.1. The van der Waals surface area contributed by atoms with Crippen molar-refractivity contribution < 1.29 is 31.8 Å². The van der Waals surface area contributed by atoms with Gasteiger partial charge in [-0.25, -0.2) is 4.79 Å². The Kier molecular flexibility index (Phi) is 11.7. The van der Waals surface area contributed by atoms with Gasteiger partial charge in [-0.15, -0.1) is 0 Å². The quantitative estimate of drug-likeness (QED) is 0.185. The van der Waals surface area contributed by atoms with Crippen molar-refractivity contribution in [3.8, 4) is 0 Å². The van der Waals surface area contributed by atoms with Crippen LogP contribution in [0.3, 0.4) is 0 Å². The van der Waals surface area contributed by atoms with Crippen LogP contribution >= 0.6 is 0 Å². The number of quaternary nitrogens is 1. The molecule has 0 aliphatic rings. The highest BCUT2D eigenvalue weighted by atomic mass is 32.2. The van der Waals surface area contributed by atoms with Crippen LogP contribution < -0.4 is 16.4 Å². The molecule has 10 nitrogen and oxygen atoms in total. The summed E-state index contributed by atoms with van der Waals surface area (Å²) < 4.78 is 36.2. The van der Waals surface area contributed by atoms with E-state index in [4.69, 9.17) is 15.0 Å². The number of carbonyl (C=O) groups is 2. The number of hydrogen-bond donors (Lipinski definition) is 4. The zero-order valence-electron chi connectivity index (χ0n) is 18.4. The Balaban J connectivity index is 4.60. The molecule has 0 spiro atoms. The number of nitrogens with two attached hydrogens (primary N) is 1. The van der Waals surface area contributed by atoms with Crippen LogP contribution in [-0.4, -0.2) is 87.1 Å². The molecule has 2 amide bonds. The van der Waals surface area contributed by atoms with Gasteiger partial charge in [-0.1, -0.05) is 0 Å². The maximum Gasteiger partial charge on any atom is 0.408 e. The SMILES string of the molecule is CC(C)(C)OC(=O)NC(CCCCN)C(=O)NCC[N+](C)(C)CCCS(=O)(=O)O. The summed E-state index contributed by atoms with van der Waals surface area (Å²) in [5.41, 5.74) is 4.84. The van der Waals surface area contributed by atoms with Crippen LogP contribution in [0.5, 0.6) is 0 Å². The van der Waals surface area contributed by atoms with Crippen molar-refractivity contribution in [1.82, 2.24) is 10.6 Å². The highest BCUT2D eigenvalue weighted by Gasteiger charge is 2.24. The summed E-state index contributed by atoms with van der Waals surface area (Å²) in [6.07, 6.45) is 1.57. The van der Waals surface area contributed by atoms with Crippen molar-refractivity contribution in [3.05, 3.63) is 0 Å². The second kappa shape index (κ2) is 12.3. The summed E-state index contributed by atoms with van der Waals surface area (Å²) in [5, 5.41) is 5.43. The first-order valence-electron chi connectivity index (χ1n) is 9.90. The van der Waals surface area contributed by atoms with Gasteiger partial charge < -0.3 is 25.6 Å². The van der Waals surface area contributed by atoms with E-state index in [2.05, 4.69) is 10.6 Å². The van der Waals surface area contributed by atoms with Crippen LogP contribution in [0.4, 0.5) is 4.79 Å². The van der Waals surface area contributed by atoms with Gasteiger partial charge >= 0.3 is 6.09 Å². The summed E-state index contributed by atoms with van der Waals surface area (Å²) in [6.45, 7) is 7.22. The van der Waals surface area contributed by atoms with E-state index in [0.29, 0.717) is 49.9 Å². The number of amides is 2. The lowest BCUT2D eigenvalue weighted by molar-refractivity contribution is -0.889. The molecule has 11 heteroatoms. The predicted molar refractivity (Wildman–Crippen MR) is 112 cm³/mol. The molecular formula is C18H39N4O6S+. The lowest BCUT2D eigenvalue weighted by atomic mass is 10.1. The Morgan fingerprint density at radius 1 is 1.14 bits per heavy atom. The van der Waals surface area contributed by atoms with Crippen LogP contribution in [-0.2, 0) is 19.6 Å². The van der Waals surface area contributed by atoms with Gasteiger partial charge in [-0.2, -0.15) is 8.42 Å². The Hall–Kier alpha value is -1.43. The number of alkyl carbamates (subject to hydrolysis) is 1. The van der Waals surface area contributed by atoms with Crippen LogP contribution in [0.1, 0.15) is 46.5 Å². The number of nitrogens with one attached hydrogen (secondary N) is 2. The molecule has 29 heavy (non-hydrogen) atoms. The molecule has 0 rings (SSSR count). The second-order valence-corrected chi connectivity index (χ2v) is 10.4. The van der Waals surface area contributed by atoms with Gasteiger partial charge in [0.15, 0.2) is 0 Å². The zero-order chi connectivity index (χ0) is 22.7. The number of unbranched alkanes of at least 4 members (excludes halogenated alkanes) is 1. The van der Waals surface area contributed by atoms with Gasteiger partial charge in [-0.3, -0.25) is 9.35 Å². The molecule has 172 valence electrons. The van der Waals surface area contributed by atoms with Crippen molar-refractivity contribution in [2.24, 2.45) is 5.73 Å². The smallest absolute Gasteiger partial charge is 0.408 e. The molecule has 0 aromatic rings. The third-order valence-corrected chi connectivity index (χ3v) is 4.94. The van der Waals surface area contributed by atoms with E-state index in [1.165, 1.54) is 0 Å². The fourth-order valence-corrected chi connectivity index (χ4v) is 3.10. The number of hydrogen-bond acceptors (Lipinski definition) is 6. The maximum atomic E-state index is 12.5. The monoisotopic (exact) mass is 439 g/mol. The normalized spacial score (nSPS) is 13.6. The summed E-state index contributed by atoms with van der Waals surface area (Å²) in [4.78, 5) is 24.6. The summed E-state index contributed by atoms with van der Waals surface area (Å²) in [5.74, 6) is -0.588. The molecule has 0 fully saturated rings. The van der Waals surface area contributed by atoms with Crippen molar-refractivity contribution in [2.45, 2.75) is 58.1 Å². The van der Waals surface area contributed by atoms with Crippen molar-refractivity contribution >= 4 is 22.1 Å². The number of nitrogens with zero attached hydrogens (tertiary/aromatic N) is 1. The fraction of sp³-hybridized carbons (Fsp3) is 0.889. The molecule has 0 radical (unpaired) electrons. The van der Waals surface area contributed by atoms with Crippen LogP contribution in [0, 0.1) is 0 Å². The van der Waals surface area contributed by atoms with Gasteiger partial charge in [0.25, 0.3) is 10.1 Å². The first-order chi connectivity index (χ1) is 13.2.